The molecule has 0 aromatic rings. The van der Waals surface area contributed by atoms with E-state index < -0.39 is 35.4 Å². The van der Waals surface area contributed by atoms with Gasteiger partial charge in [0.15, 0.2) is 23.8 Å². The normalized spacial score (nSPS) is 59.1. The second-order valence-electron chi connectivity index (χ2n) is 15.7. The monoisotopic (exact) mass is 605 g/mol. The van der Waals surface area contributed by atoms with Gasteiger partial charge in [-0.15, -0.1) is 0 Å². The Balaban J connectivity index is 1.10. The summed E-state index contributed by atoms with van der Waals surface area (Å²) in [6.07, 6.45) is 7.16. The summed E-state index contributed by atoms with van der Waals surface area (Å²) in [5.74, 6) is 0.863. The van der Waals surface area contributed by atoms with Gasteiger partial charge in [0.1, 0.15) is 13.2 Å². The van der Waals surface area contributed by atoms with Gasteiger partial charge < -0.3 is 23.8 Å². The minimum Gasteiger partial charge on any atom is -0.399 e. The molecule has 10 aliphatic rings. The maximum atomic E-state index is 6.97. The maximum absolute atomic E-state index is 6.97. The molecule has 8 saturated heterocycles. The van der Waals surface area contributed by atoms with Crippen molar-refractivity contribution in [2.24, 2.45) is 52.5 Å². The van der Waals surface area contributed by atoms with Gasteiger partial charge >= 0.3 is 0 Å². The Bertz CT molecular complexity index is 1140. The van der Waals surface area contributed by atoms with Gasteiger partial charge in [-0.05, 0) is 87.9 Å². The maximum Gasteiger partial charge on any atom is 0.201 e. The van der Waals surface area contributed by atoms with E-state index in [1.807, 2.05) is 13.8 Å². The first-order valence-corrected chi connectivity index (χ1v) is 17.0. The van der Waals surface area contributed by atoms with Crippen LogP contribution in [-0.4, -0.2) is 60.4 Å². The second kappa shape index (κ2) is 10.1. The molecule has 4 bridgehead atoms. The van der Waals surface area contributed by atoms with E-state index in [-0.39, 0.29) is 35.9 Å². The molecule has 2 saturated carbocycles. The summed E-state index contributed by atoms with van der Waals surface area (Å²) in [5.41, 5.74) is -0.348. The summed E-state index contributed by atoms with van der Waals surface area (Å²) in [6.45, 7) is 13.2. The highest BCUT2D eigenvalue weighted by molar-refractivity contribution is 5.89. The molecule has 2 aliphatic carbocycles. The molecule has 0 aromatic carbocycles. The van der Waals surface area contributed by atoms with Gasteiger partial charge in [-0.3, -0.25) is 0 Å². The largest absolute Gasteiger partial charge is 0.399 e. The van der Waals surface area contributed by atoms with Crippen LogP contribution in [0.15, 0.2) is 5.16 Å². The predicted octanol–water partition coefficient (Wildman–Crippen LogP) is 5.88. The van der Waals surface area contributed by atoms with Crippen LogP contribution in [-0.2, 0) is 43.3 Å². The summed E-state index contributed by atoms with van der Waals surface area (Å²) in [6, 6.07) is 0. The van der Waals surface area contributed by atoms with Crippen LogP contribution in [0.1, 0.15) is 99.3 Å². The fourth-order valence-corrected chi connectivity index (χ4v) is 11.0. The molecular weight excluding hydrogens is 554 g/mol. The lowest BCUT2D eigenvalue weighted by Crippen LogP contribution is -2.71. The lowest BCUT2D eigenvalue weighted by Gasteiger charge is -2.61. The van der Waals surface area contributed by atoms with Gasteiger partial charge in [0.25, 0.3) is 0 Å². The molecular formula is C33H51NO9. The van der Waals surface area contributed by atoms with Crippen LogP contribution in [0.4, 0.5) is 0 Å². The zero-order valence-electron chi connectivity index (χ0n) is 26.9. The molecule has 10 rings (SSSR count). The summed E-state index contributed by atoms with van der Waals surface area (Å²) in [7, 11) is 1.61. The molecule has 16 atom stereocenters. The van der Waals surface area contributed by atoms with E-state index in [2.05, 4.69) is 32.9 Å². The van der Waals surface area contributed by atoms with E-state index in [9.17, 15) is 0 Å². The fraction of sp³-hybridized carbons (Fsp3) is 0.970. The molecule has 0 radical (unpaired) electrons. The minimum absolute atomic E-state index is 0.126. The third-order valence-electron chi connectivity index (χ3n) is 13.4. The van der Waals surface area contributed by atoms with E-state index in [0.29, 0.717) is 30.1 Å². The topological polar surface area (TPSA) is 95.4 Å². The molecule has 43 heavy (non-hydrogen) atoms. The minimum atomic E-state index is -0.820. The third-order valence-corrected chi connectivity index (χ3v) is 13.4. The molecule has 0 aromatic heterocycles. The van der Waals surface area contributed by atoms with E-state index in [4.69, 9.17) is 43.3 Å². The quantitative estimate of drug-likeness (QED) is 0.221. The highest BCUT2D eigenvalue weighted by Gasteiger charge is 2.71. The van der Waals surface area contributed by atoms with Gasteiger partial charge in [0.2, 0.25) is 11.6 Å². The molecule has 10 heteroatoms. The number of nitrogens with zero attached hydrogens (tertiary/aromatic N) is 1. The van der Waals surface area contributed by atoms with Crippen LogP contribution in [0.25, 0.3) is 0 Å². The smallest absolute Gasteiger partial charge is 0.201 e. The van der Waals surface area contributed by atoms with Crippen molar-refractivity contribution in [3.05, 3.63) is 0 Å². The van der Waals surface area contributed by atoms with Crippen molar-refractivity contribution < 1.29 is 43.3 Å². The Morgan fingerprint density at radius 1 is 0.674 bits per heavy atom. The summed E-state index contributed by atoms with van der Waals surface area (Å²) in [4.78, 5) is 30.3. The Kier molecular flexibility index (Phi) is 6.92. The summed E-state index contributed by atoms with van der Waals surface area (Å²) in [5, 5.41) is 4.65. The lowest BCUT2D eigenvalue weighted by molar-refractivity contribution is -0.571. The number of ether oxygens (including phenoxy) is 4. The Morgan fingerprint density at radius 3 is 1.77 bits per heavy atom. The summed E-state index contributed by atoms with van der Waals surface area (Å²) >= 11 is 0. The van der Waals surface area contributed by atoms with Crippen LogP contribution in [0, 0.1) is 47.3 Å². The Hall–Kier alpha value is -0.850. The fourth-order valence-electron chi connectivity index (χ4n) is 11.0. The SMILES string of the molecule is CO/N=C(/C[C@H]1O[C@@H]2OC3(C)CC[C@H]4[C@H](C)CC[C@@H]([C@H]1C)[C@@]24OO3)[C@H]1O[C@@H]2OC3(C)CC[C@H]4[C@H](C)CC[C@@H]([C@H]1C)[C@@]24OO3. The molecule has 0 amide bonds. The molecule has 0 N–H and O–H groups in total. The lowest BCUT2D eigenvalue weighted by atomic mass is 9.56. The second-order valence-corrected chi connectivity index (χ2v) is 15.7. The van der Waals surface area contributed by atoms with Crippen LogP contribution in [0.5, 0.6) is 0 Å². The van der Waals surface area contributed by atoms with Gasteiger partial charge in [-0.25, -0.2) is 19.6 Å². The van der Waals surface area contributed by atoms with Crippen molar-refractivity contribution in [3.63, 3.8) is 0 Å². The molecule has 242 valence electrons. The van der Waals surface area contributed by atoms with Gasteiger partial charge in [0, 0.05) is 31.1 Å². The van der Waals surface area contributed by atoms with Crippen molar-refractivity contribution in [2.45, 2.75) is 147 Å². The highest BCUT2D eigenvalue weighted by atomic mass is 17.3. The van der Waals surface area contributed by atoms with Crippen LogP contribution >= 0.6 is 0 Å². The van der Waals surface area contributed by atoms with Crippen molar-refractivity contribution in [1.82, 2.24) is 0 Å². The number of oxime groups is 1. The molecule has 2 spiro atoms. The number of fused-ring (bicyclic) bond motifs is 4. The average molecular weight is 606 g/mol. The van der Waals surface area contributed by atoms with Crippen LogP contribution in [0.2, 0.25) is 0 Å². The molecule has 10 nitrogen and oxygen atoms in total. The zero-order chi connectivity index (χ0) is 29.9. The highest BCUT2D eigenvalue weighted by Crippen LogP contribution is 2.63. The van der Waals surface area contributed by atoms with Crippen molar-refractivity contribution in [3.8, 4) is 0 Å². The molecule has 2 unspecified atom stereocenters. The molecule has 8 aliphatic heterocycles. The first-order chi connectivity index (χ1) is 20.5. The van der Waals surface area contributed by atoms with Gasteiger partial charge in [0.05, 0.1) is 11.8 Å². The molecule has 10 fully saturated rings. The number of rotatable bonds is 4. The number of hydrogen-bond donors (Lipinski definition) is 0. The first kappa shape index (κ1) is 29.5. The van der Waals surface area contributed by atoms with Crippen LogP contribution < -0.4 is 0 Å². The third kappa shape index (κ3) is 4.09. The standard InChI is InChI=1S/C33H51NO9/c1-17-8-10-23-19(3)26(36-28-32(23)21(17)12-14-30(5,38-28)40-42-32)16-25(34-35-7)27-20(4)24-11-9-18(2)22-13-15-31(6)39-29(37-27)33(22,24)43-41-31/h17-24,26-29H,8-16H2,1-7H3/b34-25-/t17-,18-,19-,20-,21+,22+,23+,24+,26-,27+,28-,29-,30?,31?,32-,33-/m1/s1. The van der Waals surface area contributed by atoms with E-state index in [1.54, 1.807) is 7.11 Å². The van der Waals surface area contributed by atoms with Crippen molar-refractivity contribution in [2.75, 3.05) is 7.11 Å². The van der Waals surface area contributed by atoms with Crippen LogP contribution in [0.3, 0.4) is 0 Å². The zero-order valence-corrected chi connectivity index (χ0v) is 26.9. The first-order valence-electron chi connectivity index (χ1n) is 17.0. The Labute approximate surface area is 255 Å². The van der Waals surface area contributed by atoms with Gasteiger partial charge in [-0.1, -0.05) is 32.9 Å². The predicted molar refractivity (Wildman–Crippen MR) is 153 cm³/mol. The van der Waals surface area contributed by atoms with Crippen molar-refractivity contribution in [1.29, 1.82) is 0 Å². The summed E-state index contributed by atoms with van der Waals surface area (Å²) < 4.78 is 27.2. The van der Waals surface area contributed by atoms with Gasteiger partial charge in [-0.2, -0.15) is 0 Å². The average Bonchev–Trinajstić information content (AvgIpc) is 3.35. The van der Waals surface area contributed by atoms with E-state index in [0.717, 1.165) is 50.7 Å². The van der Waals surface area contributed by atoms with E-state index >= 15 is 0 Å². The van der Waals surface area contributed by atoms with Crippen molar-refractivity contribution >= 4 is 5.71 Å². The Morgan fingerprint density at radius 2 is 1.21 bits per heavy atom. The van der Waals surface area contributed by atoms with E-state index in [1.165, 1.54) is 6.42 Å². The molecule has 8 heterocycles. The number of hydrogen-bond acceptors (Lipinski definition) is 10.